The Morgan fingerprint density at radius 3 is 1.88 bits per heavy atom. The molecule has 0 spiro atoms. The molecule has 0 aliphatic heterocycles. The van der Waals surface area contributed by atoms with E-state index in [1.807, 2.05) is 36.4 Å². The van der Waals surface area contributed by atoms with Crippen LogP contribution >= 0.6 is 0 Å². The van der Waals surface area contributed by atoms with Crippen LogP contribution in [0.25, 0.3) is 105 Å². The predicted molar refractivity (Wildman–Crippen MR) is 208 cm³/mol. The van der Waals surface area contributed by atoms with E-state index in [1.54, 1.807) is 0 Å². The zero-order valence-corrected chi connectivity index (χ0v) is 27.6. The summed E-state index contributed by atoms with van der Waals surface area (Å²) in [7, 11) is 0. The van der Waals surface area contributed by atoms with Crippen LogP contribution in [0.5, 0.6) is 0 Å². The highest BCUT2D eigenvalue weighted by Gasteiger charge is 2.21. The van der Waals surface area contributed by atoms with E-state index >= 15 is 0 Å². The van der Waals surface area contributed by atoms with Crippen LogP contribution in [0.2, 0.25) is 0 Å². The van der Waals surface area contributed by atoms with Crippen molar-refractivity contribution in [2.75, 3.05) is 0 Å². The molecule has 0 aliphatic rings. The number of nitrogens with zero attached hydrogens (tertiary/aromatic N) is 4. The lowest BCUT2D eigenvalue weighted by atomic mass is 9.97. The topological polar surface area (TPSA) is 56.2 Å². The van der Waals surface area contributed by atoms with Crippen molar-refractivity contribution in [1.82, 2.24) is 19.4 Å². The van der Waals surface area contributed by atoms with Crippen molar-refractivity contribution in [2.24, 2.45) is 0 Å². The molecule has 0 amide bonds. The van der Waals surface area contributed by atoms with Crippen molar-refractivity contribution in [3.05, 3.63) is 157 Å². The molecule has 0 bridgehead atoms. The number of hydrogen-bond donors (Lipinski definition) is 0. The quantitative estimate of drug-likeness (QED) is 0.190. The number of furan rings is 1. The number of fused-ring (bicyclic) bond motifs is 9. The molecule has 7 aromatic carbocycles. The van der Waals surface area contributed by atoms with Crippen LogP contribution in [0.4, 0.5) is 0 Å². The number of rotatable bonds is 4. The fraction of sp³-hybridized carbons (Fsp3) is 0.0217. The van der Waals surface area contributed by atoms with Gasteiger partial charge in [-0.2, -0.15) is 0 Å². The Balaban J connectivity index is 1.12. The highest BCUT2D eigenvalue weighted by atomic mass is 16.3. The standard InChI is InChI=1S/C46H28N4O/c1-27-11-7-15-30(23-27)45-47-44(28-12-3-2-4-13-28)48-46(49-45)31-16-8-14-29(24-31)32-18-10-22-40-42(32)37-25-39-36(26-41(37)51-40)35-20-9-19-34-33-17-5-6-21-38(33)50(39)43(34)35/h2-26H,1H3. The summed E-state index contributed by atoms with van der Waals surface area (Å²) in [5.74, 6) is 1.93. The maximum atomic E-state index is 6.61. The van der Waals surface area contributed by atoms with Gasteiger partial charge in [-0.25, -0.2) is 15.0 Å². The zero-order valence-electron chi connectivity index (χ0n) is 27.6. The highest BCUT2D eigenvalue weighted by molar-refractivity contribution is 6.26. The minimum atomic E-state index is 0.630. The second-order valence-electron chi connectivity index (χ2n) is 13.3. The average Bonchev–Trinajstić information content (AvgIpc) is 3.84. The van der Waals surface area contributed by atoms with E-state index in [4.69, 9.17) is 19.4 Å². The Morgan fingerprint density at radius 1 is 0.431 bits per heavy atom. The van der Waals surface area contributed by atoms with E-state index in [2.05, 4.69) is 127 Å². The third kappa shape index (κ3) is 4.18. The molecule has 5 nitrogen and oxygen atoms in total. The summed E-state index contributed by atoms with van der Waals surface area (Å²) in [6.45, 7) is 2.09. The lowest BCUT2D eigenvalue weighted by Crippen LogP contribution is -2.00. The van der Waals surface area contributed by atoms with Gasteiger partial charge in [0.15, 0.2) is 17.5 Å². The molecule has 0 unspecified atom stereocenters. The number of aryl methyl sites for hydroxylation is 1. The largest absolute Gasteiger partial charge is 0.456 e. The molecular weight excluding hydrogens is 625 g/mol. The molecule has 0 saturated carbocycles. The Morgan fingerprint density at radius 2 is 1.06 bits per heavy atom. The number of hydrogen-bond acceptors (Lipinski definition) is 4. The van der Waals surface area contributed by atoms with Crippen LogP contribution in [0.3, 0.4) is 0 Å². The third-order valence-corrected chi connectivity index (χ3v) is 10.2. The summed E-state index contributed by atoms with van der Waals surface area (Å²) in [6.07, 6.45) is 0. The summed E-state index contributed by atoms with van der Waals surface area (Å²) < 4.78 is 9.03. The van der Waals surface area contributed by atoms with Crippen molar-refractivity contribution in [3.8, 4) is 45.3 Å². The Hall–Kier alpha value is -6.85. The molecule has 0 atom stereocenters. The fourth-order valence-electron chi connectivity index (χ4n) is 7.95. The molecule has 11 rings (SSSR count). The van der Waals surface area contributed by atoms with Crippen molar-refractivity contribution in [1.29, 1.82) is 0 Å². The van der Waals surface area contributed by atoms with Crippen LogP contribution in [-0.2, 0) is 0 Å². The normalized spacial score (nSPS) is 12.0. The minimum Gasteiger partial charge on any atom is -0.456 e. The van der Waals surface area contributed by atoms with E-state index in [0.29, 0.717) is 17.5 Å². The van der Waals surface area contributed by atoms with Gasteiger partial charge < -0.3 is 8.82 Å². The van der Waals surface area contributed by atoms with Crippen LogP contribution in [0.15, 0.2) is 156 Å². The molecule has 51 heavy (non-hydrogen) atoms. The van der Waals surface area contributed by atoms with Gasteiger partial charge in [0, 0.05) is 49.0 Å². The molecule has 0 radical (unpaired) electrons. The molecule has 4 aromatic heterocycles. The van der Waals surface area contributed by atoms with Crippen LogP contribution in [0.1, 0.15) is 5.56 Å². The number of benzene rings is 7. The Labute approximate surface area is 292 Å². The lowest BCUT2D eigenvalue weighted by Gasteiger charge is -2.10. The minimum absolute atomic E-state index is 0.630. The molecule has 5 heteroatoms. The average molecular weight is 653 g/mol. The molecule has 0 fully saturated rings. The summed E-state index contributed by atoms with van der Waals surface area (Å²) >= 11 is 0. The first kappa shape index (κ1) is 28.0. The van der Waals surface area contributed by atoms with Crippen molar-refractivity contribution < 1.29 is 4.42 Å². The monoisotopic (exact) mass is 652 g/mol. The van der Waals surface area contributed by atoms with Crippen molar-refractivity contribution in [2.45, 2.75) is 6.92 Å². The van der Waals surface area contributed by atoms with Crippen LogP contribution in [0, 0.1) is 6.92 Å². The van der Waals surface area contributed by atoms with E-state index in [0.717, 1.165) is 55.3 Å². The summed E-state index contributed by atoms with van der Waals surface area (Å²) in [5, 5.41) is 7.18. The maximum absolute atomic E-state index is 6.61. The van der Waals surface area contributed by atoms with E-state index < -0.39 is 0 Å². The fourth-order valence-corrected chi connectivity index (χ4v) is 7.95. The zero-order chi connectivity index (χ0) is 33.6. The molecule has 0 saturated heterocycles. The highest BCUT2D eigenvalue weighted by Crippen LogP contribution is 2.44. The van der Waals surface area contributed by atoms with Crippen molar-refractivity contribution >= 4 is 60.0 Å². The first-order valence-electron chi connectivity index (χ1n) is 17.2. The maximum Gasteiger partial charge on any atom is 0.164 e. The molecule has 0 aliphatic carbocycles. The van der Waals surface area contributed by atoms with E-state index in [9.17, 15) is 0 Å². The van der Waals surface area contributed by atoms with Gasteiger partial charge in [0.25, 0.3) is 0 Å². The van der Waals surface area contributed by atoms with Gasteiger partial charge in [-0.15, -0.1) is 0 Å². The smallest absolute Gasteiger partial charge is 0.164 e. The second-order valence-corrected chi connectivity index (χ2v) is 13.3. The van der Waals surface area contributed by atoms with Gasteiger partial charge in [0.2, 0.25) is 0 Å². The summed E-state index contributed by atoms with van der Waals surface area (Å²) in [4.78, 5) is 15.0. The van der Waals surface area contributed by atoms with Gasteiger partial charge in [-0.1, -0.05) is 121 Å². The molecule has 4 heterocycles. The lowest BCUT2D eigenvalue weighted by molar-refractivity contribution is 0.669. The Bertz CT molecular complexity index is 3150. The van der Waals surface area contributed by atoms with Crippen LogP contribution in [-0.4, -0.2) is 19.4 Å². The predicted octanol–water partition coefficient (Wildman–Crippen LogP) is 11.9. The van der Waals surface area contributed by atoms with Gasteiger partial charge in [-0.05, 0) is 54.4 Å². The number of aromatic nitrogens is 4. The van der Waals surface area contributed by atoms with Gasteiger partial charge in [0.1, 0.15) is 11.2 Å². The second kappa shape index (κ2) is 10.6. The molecular formula is C46H28N4O. The SMILES string of the molecule is Cc1cccc(-c2nc(-c3ccccc3)nc(-c3cccc(-c4cccc5oc6cc7c8cccc9c%10ccccc%10n(c7cc6c45)c98)c3)n2)c1. The van der Waals surface area contributed by atoms with Gasteiger partial charge in [-0.3, -0.25) is 0 Å². The van der Waals surface area contributed by atoms with Crippen molar-refractivity contribution in [3.63, 3.8) is 0 Å². The summed E-state index contributed by atoms with van der Waals surface area (Å²) in [6, 6.07) is 53.1. The first-order valence-corrected chi connectivity index (χ1v) is 17.2. The summed E-state index contributed by atoms with van der Waals surface area (Å²) in [5.41, 5.74) is 11.6. The third-order valence-electron chi connectivity index (χ3n) is 10.2. The number of para-hydroxylation sites is 2. The Kier molecular flexibility index (Phi) is 5.81. The molecule has 11 aromatic rings. The van der Waals surface area contributed by atoms with E-state index in [1.165, 1.54) is 38.1 Å². The molecule has 0 N–H and O–H groups in total. The van der Waals surface area contributed by atoms with Gasteiger partial charge in [0.05, 0.1) is 16.6 Å². The van der Waals surface area contributed by atoms with Crippen LogP contribution < -0.4 is 0 Å². The van der Waals surface area contributed by atoms with Gasteiger partial charge >= 0.3 is 0 Å². The first-order chi connectivity index (χ1) is 25.2. The van der Waals surface area contributed by atoms with E-state index in [-0.39, 0.29) is 0 Å². The molecule has 238 valence electrons.